The first-order chi connectivity index (χ1) is 8.33. The summed E-state index contributed by atoms with van der Waals surface area (Å²) in [7, 11) is 0. The van der Waals surface area contributed by atoms with Crippen LogP contribution in [0.15, 0.2) is 24.3 Å². The molecular formula is C12H17NO2. The smallest absolute Gasteiger partial charge is 0.410 e. The second-order valence-electron chi connectivity index (χ2n) is 3.36. The van der Waals surface area contributed by atoms with E-state index in [0.717, 1.165) is 12.0 Å². The largest absolute Gasteiger partial charge is 0.412 e. The number of ether oxygens (including phenoxy) is 1. The Hall–Kier alpha value is -1.51. The van der Waals surface area contributed by atoms with E-state index in [4.69, 9.17) is 8.85 Å². The molecule has 3 heteroatoms. The van der Waals surface area contributed by atoms with E-state index >= 15 is 0 Å². The second kappa shape index (κ2) is 5.39. The molecule has 1 amide bonds. The zero-order valence-electron chi connectivity index (χ0n) is 11.9. The Morgan fingerprint density at radius 2 is 2.33 bits per heavy atom. The molecule has 0 aliphatic heterocycles. The number of hydrogen-bond acceptors (Lipinski definition) is 2. The molecule has 3 nitrogen and oxygen atoms in total. The number of hydrogen-bond donors (Lipinski definition) is 1. The molecule has 82 valence electrons. The first-order valence-electron chi connectivity index (χ1n) is 6.42. The molecule has 0 aliphatic carbocycles. The highest BCUT2D eigenvalue weighted by molar-refractivity contribution is 5.70. The minimum absolute atomic E-state index is 0.238. The number of benzene rings is 1. The first kappa shape index (κ1) is 7.74. The van der Waals surface area contributed by atoms with E-state index < -0.39 is 13.1 Å². The Morgan fingerprint density at radius 1 is 1.60 bits per heavy atom. The standard InChI is InChI=1S/C12H17NO2/c1-4-9(2)10-7-5-6-8-11(10)15-12(14)13-3/h5-9H,4H2,1-3H3,(H,13,14)/i3D3. The van der Waals surface area contributed by atoms with Gasteiger partial charge in [0.05, 0.1) is 0 Å². The molecule has 0 radical (unpaired) electrons. The number of para-hydroxylation sites is 1. The Labute approximate surface area is 94.7 Å². The maximum absolute atomic E-state index is 11.4. The molecule has 15 heavy (non-hydrogen) atoms. The number of rotatable bonds is 3. The monoisotopic (exact) mass is 210 g/mol. The van der Waals surface area contributed by atoms with Crippen molar-refractivity contribution in [2.75, 3.05) is 6.98 Å². The molecule has 0 spiro atoms. The lowest BCUT2D eigenvalue weighted by molar-refractivity contribution is 0.202. The molecule has 1 aromatic carbocycles. The molecule has 0 aliphatic rings. The summed E-state index contributed by atoms with van der Waals surface area (Å²) in [6.45, 7) is 1.51. The third-order valence-corrected chi connectivity index (χ3v) is 2.37. The molecule has 1 atom stereocenters. The lowest BCUT2D eigenvalue weighted by Crippen LogP contribution is -2.22. The van der Waals surface area contributed by atoms with E-state index in [2.05, 4.69) is 0 Å². The summed E-state index contributed by atoms with van der Waals surface area (Å²) >= 11 is 0. The van der Waals surface area contributed by atoms with Gasteiger partial charge in [0, 0.05) is 11.1 Å². The minimum atomic E-state index is -2.54. The third-order valence-electron chi connectivity index (χ3n) is 2.37. The topological polar surface area (TPSA) is 38.3 Å². The van der Waals surface area contributed by atoms with Crippen LogP contribution in [-0.4, -0.2) is 13.1 Å². The van der Waals surface area contributed by atoms with E-state index in [0.29, 0.717) is 5.75 Å². The van der Waals surface area contributed by atoms with Gasteiger partial charge in [0.1, 0.15) is 5.75 Å². The first-order valence-corrected chi connectivity index (χ1v) is 4.92. The van der Waals surface area contributed by atoms with Crippen molar-refractivity contribution in [3.8, 4) is 5.75 Å². The molecule has 1 aromatic rings. The van der Waals surface area contributed by atoms with Gasteiger partial charge in [0.15, 0.2) is 0 Å². The van der Waals surface area contributed by atoms with Crippen LogP contribution in [0.3, 0.4) is 0 Å². The molecule has 1 rings (SSSR count). The Morgan fingerprint density at radius 3 is 3.00 bits per heavy atom. The summed E-state index contributed by atoms with van der Waals surface area (Å²) < 4.78 is 25.8. The second-order valence-corrected chi connectivity index (χ2v) is 3.36. The minimum Gasteiger partial charge on any atom is -0.410 e. The van der Waals surface area contributed by atoms with Crippen molar-refractivity contribution in [1.29, 1.82) is 0 Å². The van der Waals surface area contributed by atoms with Gasteiger partial charge in [-0.3, -0.25) is 0 Å². The number of carbonyl (C=O) groups is 1. The van der Waals surface area contributed by atoms with Gasteiger partial charge in [0.25, 0.3) is 0 Å². The van der Waals surface area contributed by atoms with Crippen molar-refractivity contribution in [2.45, 2.75) is 26.2 Å². The number of amides is 1. The summed E-state index contributed by atoms with van der Waals surface area (Å²) in [6.07, 6.45) is -0.0629. The fourth-order valence-corrected chi connectivity index (χ4v) is 1.33. The van der Waals surface area contributed by atoms with Crippen LogP contribution in [0.5, 0.6) is 5.75 Å². The summed E-state index contributed by atoms with van der Waals surface area (Å²) in [5, 5.41) is 1.79. The summed E-state index contributed by atoms with van der Waals surface area (Å²) in [5.41, 5.74) is 0.890. The third kappa shape index (κ3) is 2.98. The van der Waals surface area contributed by atoms with E-state index in [-0.39, 0.29) is 5.92 Å². The van der Waals surface area contributed by atoms with Crippen molar-refractivity contribution in [3.63, 3.8) is 0 Å². The van der Waals surface area contributed by atoms with Crippen LogP contribution in [0.25, 0.3) is 0 Å². The molecule has 0 aromatic heterocycles. The van der Waals surface area contributed by atoms with Gasteiger partial charge in [-0.25, -0.2) is 4.79 Å². The summed E-state index contributed by atoms with van der Waals surface area (Å²) in [6, 6.07) is 7.12. The molecule has 1 N–H and O–H groups in total. The van der Waals surface area contributed by atoms with Gasteiger partial charge in [-0.2, -0.15) is 0 Å². The van der Waals surface area contributed by atoms with Gasteiger partial charge in [0.2, 0.25) is 0 Å². The van der Waals surface area contributed by atoms with E-state index in [1.807, 2.05) is 26.0 Å². The molecule has 0 bridgehead atoms. The summed E-state index contributed by atoms with van der Waals surface area (Å²) in [4.78, 5) is 11.4. The van der Waals surface area contributed by atoms with Gasteiger partial charge < -0.3 is 10.1 Å². The van der Waals surface area contributed by atoms with Crippen LogP contribution in [0.1, 0.15) is 35.9 Å². The molecule has 1 unspecified atom stereocenters. The van der Waals surface area contributed by atoms with Crippen LogP contribution < -0.4 is 10.1 Å². The molecular weight excluding hydrogens is 190 g/mol. The van der Waals surface area contributed by atoms with Crippen LogP contribution in [-0.2, 0) is 0 Å². The zero-order valence-corrected chi connectivity index (χ0v) is 8.91. The maximum Gasteiger partial charge on any atom is 0.412 e. The highest BCUT2D eigenvalue weighted by Gasteiger charge is 2.11. The van der Waals surface area contributed by atoms with E-state index in [1.165, 1.54) is 0 Å². The van der Waals surface area contributed by atoms with Crippen LogP contribution in [0.2, 0.25) is 0 Å². The predicted octanol–water partition coefficient (Wildman–Crippen LogP) is 2.92. The lowest BCUT2D eigenvalue weighted by atomic mass is 9.98. The highest BCUT2D eigenvalue weighted by Crippen LogP contribution is 2.28. The van der Waals surface area contributed by atoms with Gasteiger partial charge in [-0.05, 0) is 24.0 Å². The van der Waals surface area contributed by atoms with E-state index in [1.54, 1.807) is 17.4 Å². The molecule has 0 saturated heterocycles. The maximum atomic E-state index is 11.4. The SMILES string of the molecule is [2H]C([2H])([2H])NC(=O)Oc1ccccc1C(C)CC. The van der Waals surface area contributed by atoms with Gasteiger partial charge in [-0.15, -0.1) is 0 Å². The predicted molar refractivity (Wildman–Crippen MR) is 60.2 cm³/mol. The molecule has 0 heterocycles. The van der Waals surface area contributed by atoms with Gasteiger partial charge >= 0.3 is 6.09 Å². The lowest BCUT2D eigenvalue weighted by Gasteiger charge is -2.13. The fourth-order valence-electron chi connectivity index (χ4n) is 1.33. The zero-order chi connectivity index (χ0) is 13.8. The van der Waals surface area contributed by atoms with Crippen molar-refractivity contribution >= 4 is 6.09 Å². The fraction of sp³-hybridized carbons (Fsp3) is 0.417. The Balaban J connectivity index is 2.81. The summed E-state index contributed by atoms with van der Waals surface area (Å²) in [5.74, 6) is 0.635. The van der Waals surface area contributed by atoms with E-state index in [9.17, 15) is 4.79 Å². The van der Waals surface area contributed by atoms with Crippen LogP contribution in [0.4, 0.5) is 4.79 Å². The van der Waals surface area contributed by atoms with Crippen LogP contribution >= 0.6 is 0 Å². The Kier molecular flexibility index (Phi) is 2.78. The quantitative estimate of drug-likeness (QED) is 0.833. The van der Waals surface area contributed by atoms with Crippen molar-refractivity contribution < 1.29 is 13.6 Å². The molecule has 0 fully saturated rings. The average Bonchev–Trinajstić information content (AvgIpc) is 2.26. The van der Waals surface area contributed by atoms with Crippen LogP contribution in [0, 0.1) is 0 Å². The molecule has 0 saturated carbocycles. The highest BCUT2D eigenvalue weighted by atomic mass is 16.6. The number of nitrogens with one attached hydrogen (secondary N) is 1. The number of carbonyl (C=O) groups excluding carboxylic acids is 1. The van der Waals surface area contributed by atoms with Gasteiger partial charge in [-0.1, -0.05) is 32.0 Å². The van der Waals surface area contributed by atoms with Crippen molar-refractivity contribution in [2.24, 2.45) is 0 Å². The van der Waals surface area contributed by atoms with Crippen molar-refractivity contribution in [1.82, 2.24) is 5.32 Å². The average molecular weight is 210 g/mol. The Bertz CT molecular complexity index is 418. The normalized spacial score (nSPS) is 15.7. The van der Waals surface area contributed by atoms with Crippen molar-refractivity contribution in [3.05, 3.63) is 29.8 Å².